The zero-order valence-corrected chi connectivity index (χ0v) is 15.4. The third-order valence-corrected chi connectivity index (χ3v) is 4.99. The van der Waals surface area contributed by atoms with Gasteiger partial charge in [-0.3, -0.25) is 9.69 Å². The van der Waals surface area contributed by atoms with Crippen molar-refractivity contribution in [2.45, 2.75) is 25.4 Å². The maximum atomic E-state index is 12.0. The first-order valence-electron chi connectivity index (χ1n) is 7.69. The Kier molecular flexibility index (Phi) is 8.65. The molecule has 2 aliphatic heterocycles. The molecule has 7 heteroatoms. The molecule has 0 radical (unpaired) electrons. The fraction of sp³-hybridized carbons (Fsp3) is 0.562. The second-order valence-electron chi connectivity index (χ2n) is 5.93. The van der Waals surface area contributed by atoms with E-state index in [1.54, 1.807) is 0 Å². The van der Waals surface area contributed by atoms with E-state index in [1.807, 2.05) is 24.3 Å². The molecule has 2 saturated heterocycles. The first kappa shape index (κ1) is 20.5. The summed E-state index contributed by atoms with van der Waals surface area (Å²) in [4.78, 5) is 14.4. The third-order valence-electron chi connectivity index (χ3n) is 4.62. The second-order valence-corrected chi connectivity index (χ2v) is 6.34. The molecule has 0 spiro atoms. The van der Waals surface area contributed by atoms with Gasteiger partial charge in [0.15, 0.2) is 0 Å². The van der Waals surface area contributed by atoms with E-state index in [0.717, 1.165) is 37.7 Å². The van der Waals surface area contributed by atoms with Gasteiger partial charge < -0.3 is 10.6 Å². The number of amides is 1. The third kappa shape index (κ3) is 5.23. The summed E-state index contributed by atoms with van der Waals surface area (Å²) in [6.45, 7) is 4.71. The van der Waals surface area contributed by atoms with Gasteiger partial charge in [-0.1, -0.05) is 29.8 Å². The number of nitrogens with zero attached hydrogens (tertiary/aromatic N) is 1. The molecular formula is C16H24Cl3N3O. The van der Waals surface area contributed by atoms with Crippen LogP contribution >= 0.6 is 36.4 Å². The van der Waals surface area contributed by atoms with Crippen LogP contribution in [0.5, 0.6) is 0 Å². The quantitative estimate of drug-likeness (QED) is 0.825. The molecule has 0 saturated carbocycles. The monoisotopic (exact) mass is 379 g/mol. The summed E-state index contributed by atoms with van der Waals surface area (Å²) in [7, 11) is 0. The van der Waals surface area contributed by atoms with E-state index < -0.39 is 0 Å². The largest absolute Gasteiger partial charge is 0.352 e. The number of benzene rings is 1. The standard InChI is InChI=1S/C16H22ClN3O.2ClH/c17-14-4-2-1-3-12(14)10-19-16(21)6-8-20-7-5-13-9-18-11-15(13)20;;/h1-4,13,15,18H,5-11H2,(H,19,21);2*1H/t13-,15+;;/m0../s1. The van der Waals surface area contributed by atoms with E-state index in [9.17, 15) is 4.79 Å². The first-order chi connectivity index (χ1) is 10.2. The zero-order chi connectivity index (χ0) is 14.7. The van der Waals surface area contributed by atoms with Crippen molar-refractivity contribution in [2.75, 3.05) is 26.2 Å². The number of fused-ring (bicyclic) bond motifs is 1. The summed E-state index contributed by atoms with van der Waals surface area (Å²) in [5.41, 5.74) is 0.966. The van der Waals surface area contributed by atoms with Gasteiger partial charge in [0.25, 0.3) is 0 Å². The summed E-state index contributed by atoms with van der Waals surface area (Å²) in [5, 5.41) is 7.10. The zero-order valence-electron chi connectivity index (χ0n) is 13.0. The lowest BCUT2D eigenvalue weighted by Crippen LogP contribution is -2.37. The Balaban J connectivity index is 0.00000132. The van der Waals surface area contributed by atoms with Gasteiger partial charge in [-0.05, 0) is 37.1 Å². The molecule has 0 aliphatic carbocycles. The molecule has 3 rings (SSSR count). The Labute approximate surface area is 155 Å². The number of hydrogen-bond donors (Lipinski definition) is 2. The minimum atomic E-state index is 0. The molecule has 4 nitrogen and oxygen atoms in total. The summed E-state index contributed by atoms with van der Waals surface area (Å²) >= 11 is 6.08. The van der Waals surface area contributed by atoms with E-state index in [4.69, 9.17) is 11.6 Å². The smallest absolute Gasteiger partial charge is 0.221 e. The highest BCUT2D eigenvalue weighted by atomic mass is 35.5. The summed E-state index contributed by atoms with van der Waals surface area (Å²) in [6.07, 6.45) is 1.83. The van der Waals surface area contributed by atoms with Crippen LogP contribution in [0.2, 0.25) is 5.02 Å². The molecule has 1 aromatic carbocycles. The van der Waals surface area contributed by atoms with E-state index in [1.165, 1.54) is 6.42 Å². The minimum Gasteiger partial charge on any atom is -0.352 e. The van der Waals surface area contributed by atoms with E-state index in [0.29, 0.717) is 24.0 Å². The lowest BCUT2D eigenvalue weighted by Gasteiger charge is -2.22. The predicted molar refractivity (Wildman–Crippen MR) is 98.7 cm³/mol. The number of halogens is 3. The fourth-order valence-electron chi connectivity index (χ4n) is 3.39. The number of rotatable bonds is 5. The van der Waals surface area contributed by atoms with E-state index in [2.05, 4.69) is 15.5 Å². The van der Waals surface area contributed by atoms with Crippen molar-refractivity contribution in [2.24, 2.45) is 5.92 Å². The second kappa shape index (κ2) is 9.70. The highest BCUT2D eigenvalue weighted by Gasteiger charge is 2.37. The molecule has 0 unspecified atom stereocenters. The van der Waals surface area contributed by atoms with Crippen LogP contribution in [-0.2, 0) is 11.3 Å². The highest BCUT2D eigenvalue weighted by molar-refractivity contribution is 6.31. The molecule has 1 aromatic rings. The Morgan fingerprint density at radius 1 is 1.30 bits per heavy atom. The Hall–Kier alpha value is -0.520. The molecule has 0 aromatic heterocycles. The van der Waals surface area contributed by atoms with Crippen LogP contribution < -0.4 is 10.6 Å². The summed E-state index contributed by atoms with van der Waals surface area (Å²) < 4.78 is 0. The lowest BCUT2D eigenvalue weighted by molar-refractivity contribution is -0.121. The molecule has 1 amide bonds. The molecule has 2 aliphatic rings. The fourth-order valence-corrected chi connectivity index (χ4v) is 3.59. The minimum absolute atomic E-state index is 0. The topological polar surface area (TPSA) is 44.4 Å². The van der Waals surface area contributed by atoms with Gasteiger partial charge in [0.1, 0.15) is 0 Å². The van der Waals surface area contributed by atoms with Crippen LogP contribution in [0.1, 0.15) is 18.4 Å². The summed E-state index contributed by atoms with van der Waals surface area (Å²) in [6, 6.07) is 8.26. The van der Waals surface area contributed by atoms with Crippen molar-refractivity contribution in [1.82, 2.24) is 15.5 Å². The van der Waals surface area contributed by atoms with Crippen LogP contribution in [0.4, 0.5) is 0 Å². The molecule has 23 heavy (non-hydrogen) atoms. The van der Waals surface area contributed by atoms with E-state index in [-0.39, 0.29) is 30.7 Å². The van der Waals surface area contributed by atoms with Crippen molar-refractivity contribution < 1.29 is 4.79 Å². The average molecular weight is 381 g/mol. The lowest BCUT2D eigenvalue weighted by atomic mass is 10.1. The van der Waals surface area contributed by atoms with Crippen LogP contribution in [-0.4, -0.2) is 43.0 Å². The Morgan fingerprint density at radius 2 is 2.09 bits per heavy atom. The van der Waals surface area contributed by atoms with Crippen molar-refractivity contribution in [3.8, 4) is 0 Å². The number of nitrogens with one attached hydrogen (secondary N) is 2. The maximum absolute atomic E-state index is 12.0. The van der Waals surface area contributed by atoms with Crippen LogP contribution in [0.15, 0.2) is 24.3 Å². The van der Waals surface area contributed by atoms with Gasteiger partial charge in [-0.2, -0.15) is 0 Å². The first-order valence-corrected chi connectivity index (χ1v) is 8.06. The Bertz CT molecular complexity index is 515. The van der Waals surface area contributed by atoms with Crippen molar-refractivity contribution in [3.05, 3.63) is 34.9 Å². The van der Waals surface area contributed by atoms with Crippen molar-refractivity contribution >= 4 is 42.3 Å². The summed E-state index contributed by atoms with van der Waals surface area (Å²) in [5.74, 6) is 0.889. The predicted octanol–water partition coefficient (Wildman–Crippen LogP) is 2.48. The van der Waals surface area contributed by atoms with Crippen molar-refractivity contribution in [3.63, 3.8) is 0 Å². The molecule has 0 bridgehead atoms. The average Bonchev–Trinajstić information content (AvgIpc) is 3.08. The molecule has 130 valence electrons. The van der Waals surface area contributed by atoms with E-state index >= 15 is 0 Å². The van der Waals surface area contributed by atoms with Crippen LogP contribution in [0, 0.1) is 5.92 Å². The van der Waals surface area contributed by atoms with Gasteiger partial charge in [-0.15, -0.1) is 24.8 Å². The van der Waals surface area contributed by atoms with Gasteiger partial charge in [0.2, 0.25) is 5.91 Å². The van der Waals surface area contributed by atoms with Crippen molar-refractivity contribution in [1.29, 1.82) is 0 Å². The van der Waals surface area contributed by atoms with Gasteiger partial charge >= 0.3 is 0 Å². The normalized spacial score (nSPS) is 22.8. The molecule has 2 atom stereocenters. The number of hydrogen-bond acceptors (Lipinski definition) is 3. The maximum Gasteiger partial charge on any atom is 0.221 e. The number of likely N-dealkylation sites (tertiary alicyclic amines) is 1. The molecular weight excluding hydrogens is 357 g/mol. The highest BCUT2D eigenvalue weighted by Crippen LogP contribution is 2.26. The molecule has 2 N–H and O–H groups in total. The van der Waals surface area contributed by atoms with Crippen LogP contribution in [0.3, 0.4) is 0 Å². The Morgan fingerprint density at radius 3 is 2.87 bits per heavy atom. The van der Waals surface area contributed by atoms with Gasteiger partial charge in [0.05, 0.1) is 0 Å². The molecule has 2 heterocycles. The number of carbonyl (C=O) groups is 1. The van der Waals surface area contributed by atoms with Gasteiger partial charge in [0, 0.05) is 37.1 Å². The SMILES string of the molecule is Cl.Cl.O=C(CCN1CC[C@H]2CNC[C@H]21)NCc1ccccc1Cl. The van der Waals surface area contributed by atoms with Crippen LogP contribution in [0.25, 0.3) is 0 Å². The molecule has 2 fully saturated rings. The number of carbonyl (C=O) groups excluding carboxylic acids is 1. The van der Waals surface area contributed by atoms with Gasteiger partial charge in [-0.25, -0.2) is 0 Å².